The van der Waals surface area contributed by atoms with Crippen LogP contribution in [-0.4, -0.2) is 33.2 Å². The zero-order valence-corrected chi connectivity index (χ0v) is 16.0. The number of para-hydroxylation sites is 1. The van der Waals surface area contributed by atoms with Gasteiger partial charge in [0.2, 0.25) is 5.89 Å². The van der Waals surface area contributed by atoms with Crippen molar-refractivity contribution in [2.45, 2.75) is 52.4 Å². The summed E-state index contributed by atoms with van der Waals surface area (Å²) in [5.74, 6) is 1.67. The van der Waals surface area contributed by atoms with E-state index < -0.39 is 0 Å². The monoisotopic (exact) mass is 358 g/mol. The van der Waals surface area contributed by atoms with E-state index in [4.69, 9.17) is 16.7 Å². The molecule has 1 aliphatic heterocycles. The average Bonchev–Trinajstić information content (AvgIpc) is 3.08. The highest BCUT2D eigenvalue weighted by atomic mass is 32.1. The number of likely N-dealkylation sites (tertiary alicyclic amines) is 1. The van der Waals surface area contributed by atoms with E-state index in [9.17, 15) is 0 Å². The molecule has 0 spiro atoms. The van der Waals surface area contributed by atoms with E-state index in [1.165, 1.54) is 16.8 Å². The zero-order valence-electron chi connectivity index (χ0n) is 15.2. The van der Waals surface area contributed by atoms with E-state index >= 15 is 0 Å². The Morgan fingerprint density at radius 2 is 2.04 bits per heavy atom. The highest BCUT2D eigenvalue weighted by Gasteiger charge is 2.27. The number of benzene rings is 1. The molecule has 0 aliphatic carbocycles. The molecule has 0 amide bonds. The fourth-order valence-electron chi connectivity index (χ4n) is 3.43. The van der Waals surface area contributed by atoms with Crippen molar-refractivity contribution in [3.05, 3.63) is 41.0 Å². The Morgan fingerprint density at radius 3 is 2.64 bits per heavy atom. The minimum absolute atomic E-state index is 0.252. The van der Waals surface area contributed by atoms with Crippen molar-refractivity contribution in [3.8, 4) is 0 Å². The number of thiocarbonyl (C=S) groups is 1. The molecule has 1 saturated heterocycles. The van der Waals surface area contributed by atoms with Crippen LogP contribution in [0.1, 0.15) is 55.4 Å². The number of hydrogen-bond donors (Lipinski definition) is 1. The number of anilines is 1. The van der Waals surface area contributed by atoms with Crippen LogP contribution in [0.3, 0.4) is 0 Å². The molecule has 1 N–H and O–H groups in total. The van der Waals surface area contributed by atoms with E-state index in [2.05, 4.69) is 52.4 Å². The number of aromatic nitrogens is 2. The summed E-state index contributed by atoms with van der Waals surface area (Å²) in [4.78, 5) is 6.63. The van der Waals surface area contributed by atoms with Crippen molar-refractivity contribution < 1.29 is 4.52 Å². The van der Waals surface area contributed by atoms with Crippen LogP contribution >= 0.6 is 12.2 Å². The Labute approximate surface area is 154 Å². The van der Waals surface area contributed by atoms with Gasteiger partial charge in [-0.1, -0.05) is 37.2 Å². The molecule has 3 rings (SSSR count). The maximum atomic E-state index is 5.73. The molecular weight excluding hydrogens is 332 g/mol. The van der Waals surface area contributed by atoms with E-state index in [-0.39, 0.29) is 5.92 Å². The molecule has 0 unspecified atom stereocenters. The molecule has 5 nitrogen and oxygen atoms in total. The lowest BCUT2D eigenvalue weighted by molar-refractivity contribution is 0.261. The van der Waals surface area contributed by atoms with Crippen molar-refractivity contribution in [3.63, 3.8) is 0 Å². The largest absolute Gasteiger partial charge is 0.348 e. The molecule has 1 aromatic carbocycles. The number of nitrogens with one attached hydrogen (secondary N) is 1. The van der Waals surface area contributed by atoms with E-state index in [1.54, 1.807) is 0 Å². The third-order valence-electron chi connectivity index (χ3n) is 4.83. The highest BCUT2D eigenvalue weighted by Crippen LogP contribution is 2.27. The SMILES string of the molecule is CCc1cccc(CC)c1NC(=S)N1CCC[C@H](c2nc(C)no2)C1. The third kappa shape index (κ3) is 4.00. The summed E-state index contributed by atoms with van der Waals surface area (Å²) in [7, 11) is 0. The van der Waals surface area contributed by atoms with Gasteiger partial charge in [-0.05, 0) is 56.0 Å². The maximum Gasteiger partial charge on any atom is 0.231 e. The van der Waals surface area contributed by atoms with Crippen LogP contribution < -0.4 is 5.32 Å². The molecule has 6 heteroatoms. The summed E-state index contributed by atoms with van der Waals surface area (Å²) in [5, 5.41) is 8.23. The van der Waals surface area contributed by atoms with Gasteiger partial charge in [0.1, 0.15) is 0 Å². The number of piperidine rings is 1. The van der Waals surface area contributed by atoms with Crippen molar-refractivity contribution in [2.75, 3.05) is 18.4 Å². The quantitative estimate of drug-likeness (QED) is 0.831. The minimum Gasteiger partial charge on any atom is -0.348 e. The second-order valence-corrected chi connectivity index (χ2v) is 6.94. The van der Waals surface area contributed by atoms with Gasteiger partial charge >= 0.3 is 0 Å². The molecule has 25 heavy (non-hydrogen) atoms. The topological polar surface area (TPSA) is 54.2 Å². The van der Waals surface area contributed by atoms with Crippen LogP contribution in [0.25, 0.3) is 0 Å². The Kier molecular flexibility index (Phi) is 5.68. The van der Waals surface area contributed by atoms with Gasteiger partial charge < -0.3 is 14.7 Å². The first-order valence-corrected chi connectivity index (χ1v) is 9.50. The first-order valence-electron chi connectivity index (χ1n) is 9.09. The van der Waals surface area contributed by atoms with Crippen LogP contribution in [0, 0.1) is 6.92 Å². The Hall–Kier alpha value is -1.95. The molecule has 2 aromatic rings. The van der Waals surface area contributed by atoms with Gasteiger partial charge in [-0.15, -0.1) is 0 Å². The fraction of sp³-hybridized carbons (Fsp3) is 0.526. The van der Waals surface area contributed by atoms with Crippen molar-refractivity contribution in [1.82, 2.24) is 15.0 Å². The maximum absolute atomic E-state index is 5.73. The second-order valence-electron chi connectivity index (χ2n) is 6.55. The standard InChI is InChI=1S/C19H26N4OS/c1-4-14-8-6-9-15(5-2)17(14)21-19(25)23-11-7-10-16(12-23)18-20-13(3)22-24-18/h6,8-9,16H,4-5,7,10-12H2,1-3H3,(H,21,25)/t16-/m0/s1. The van der Waals surface area contributed by atoms with E-state index in [0.717, 1.165) is 49.8 Å². The molecule has 2 heterocycles. The summed E-state index contributed by atoms with van der Waals surface area (Å²) in [6.07, 6.45) is 4.11. The lowest BCUT2D eigenvalue weighted by atomic mass is 9.98. The molecule has 1 atom stereocenters. The molecule has 0 saturated carbocycles. The van der Waals surface area contributed by atoms with Crippen molar-refractivity contribution >= 4 is 23.0 Å². The zero-order chi connectivity index (χ0) is 17.8. The van der Waals surface area contributed by atoms with Gasteiger partial charge in [-0.2, -0.15) is 4.98 Å². The summed E-state index contributed by atoms with van der Waals surface area (Å²) < 4.78 is 5.37. The lowest BCUT2D eigenvalue weighted by Gasteiger charge is -2.33. The summed E-state index contributed by atoms with van der Waals surface area (Å²) in [6.45, 7) is 8.00. The normalized spacial score (nSPS) is 17.6. The number of aryl methyl sites for hydroxylation is 3. The van der Waals surface area contributed by atoms with Crippen molar-refractivity contribution in [1.29, 1.82) is 0 Å². The van der Waals surface area contributed by atoms with Crippen LogP contribution in [0.4, 0.5) is 5.69 Å². The summed E-state index contributed by atoms with van der Waals surface area (Å²) >= 11 is 5.73. The summed E-state index contributed by atoms with van der Waals surface area (Å²) in [6, 6.07) is 6.47. The van der Waals surface area contributed by atoms with Crippen LogP contribution in [0.5, 0.6) is 0 Å². The van der Waals surface area contributed by atoms with Gasteiger partial charge in [-0.25, -0.2) is 0 Å². The minimum atomic E-state index is 0.252. The average molecular weight is 359 g/mol. The summed E-state index contributed by atoms with van der Waals surface area (Å²) in [5.41, 5.74) is 3.79. The predicted octanol–water partition coefficient (Wildman–Crippen LogP) is 4.08. The van der Waals surface area contributed by atoms with Gasteiger partial charge in [0.05, 0.1) is 5.92 Å². The molecule has 0 bridgehead atoms. The smallest absolute Gasteiger partial charge is 0.231 e. The number of hydrogen-bond acceptors (Lipinski definition) is 4. The highest BCUT2D eigenvalue weighted by molar-refractivity contribution is 7.80. The molecule has 134 valence electrons. The first kappa shape index (κ1) is 17.9. The molecule has 0 radical (unpaired) electrons. The second kappa shape index (κ2) is 7.95. The van der Waals surface area contributed by atoms with Crippen LogP contribution in [-0.2, 0) is 12.8 Å². The Morgan fingerprint density at radius 1 is 1.32 bits per heavy atom. The number of rotatable bonds is 4. The van der Waals surface area contributed by atoms with Gasteiger partial charge in [-0.3, -0.25) is 0 Å². The Bertz CT molecular complexity index is 721. The van der Waals surface area contributed by atoms with Gasteiger partial charge in [0, 0.05) is 18.8 Å². The lowest BCUT2D eigenvalue weighted by Crippen LogP contribution is -2.41. The fourth-order valence-corrected chi connectivity index (χ4v) is 3.70. The third-order valence-corrected chi connectivity index (χ3v) is 5.19. The Balaban J connectivity index is 1.73. The van der Waals surface area contributed by atoms with Gasteiger partial charge in [0.25, 0.3) is 0 Å². The molecule has 1 aromatic heterocycles. The predicted molar refractivity (Wildman–Crippen MR) is 104 cm³/mol. The molecule has 1 fully saturated rings. The number of nitrogens with zero attached hydrogens (tertiary/aromatic N) is 3. The van der Waals surface area contributed by atoms with Crippen molar-refractivity contribution in [2.24, 2.45) is 0 Å². The van der Waals surface area contributed by atoms with E-state index in [0.29, 0.717) is 5.82 Å². The molecule has 1 aliphatic rings. The van der Waals surface area contributed by atoms with Crippen LogP contribution in [0.2, 0.25) is 0 Å². The van der Waals surface area contributed by atoms with E-state index in [1.807, 2.05) is 6.92 Å². The first-order chi connectivity index (χ1) is 12.1. The van der Waals surface area contributed by atoms with Crippen LogP contribution in [0.15, 0.2) is 22.7 Å². The molecular formula is C19H26N4OS. The van der Waals surface area contributed by atoms with Gasteiger partial charge in [0.15, 0.2) is 10.9 Å².